The van der Waals surface area contributed by atoms with Crippen molar-refractivity contribution in [2.75, 3.05) is 32.8 Å². The van der Waals surface area contributed by atoms with Crippen molar-refractivity contribution < 1.29 is 14.0 Å². The van der Waals surface area contributed by atoms with E-state index in [1.54, 1.807) is 0 Å². The summed E-state index contributed by atoms with van der Waals surface area (Å²) in [5.74, 6) is 0. The highest BCUT2D eigenvalue weighted by atomic mass is 31.1. The molecule has 0 aliphatic rings. The molecule has 0 fully saturated rings. The standard InChI is InChI=1S/C22H47O3P/c1-3-5-6-7-13-16-19-23-20-17-14-11-9-8-10-12-15-18-21-24-22-26-25-4-2/h26H,3-22H2,1-2H3. The van der Waals surface area contributed by atoms with Crippen LogP contribution in [0.3, 0.4) is 0 Å². The van der Waals surface area contributed by atoms with Gasteiger partial charge in [0.25, 0.3) is 0 Å². The minimum Gasteiger partial charge on any atom is -0.381 e. The summed E-state index contributed by atoms with van der Waals surface area (Å²) in [5.41, 5.74) is 0. The van der Waals surface area contributed by atoms with E-state index in [2.05, 4.69) is 6.92 Å². The Morgan fingerprint density at radius 1 is 0.500 bits per heavy atom. The molecule has 0 radical (unpaired) electrons. The summed E-state index contributed by atoms with van der Waals surface area (Å²) in [6.07, 6.45) is 20.9. The zero-order chi connectivity index (χ0) is 19.0. The molecule has 26 heavy (non-hydrogen) atoms. The lowest BCUT2D eigenvalue weighted by Gasteiger charge is -2.05. The third-order valence-corrected chi connectivity index (χ3v) is 5.44. The van der Waals surface area contributed by atoms with Crippen molar-refractivity contribution in [2.45, 2.75) is 110 Å². The number of rotatable bonds is 23. The molecule has 0 heterocycles. The average molecular weight is 391 g/mol. The van der Waals surface area contributed by atoms with Gasteiger partial charge in [-0.1, -0.05) is 84.0 Å². The van der Waals surface area contributed by atoms with Crippen LogP contribution in [0.1, 0.15) is 110 Å². The molecule has 0 saturated carbocycles. The van der Waals surface area contributed by atoms with E-state index >= 15 is 0 Å². The van der Waals surface area contributed by atoms with Crippen LogP contribution < -0.4 is 0 Å². The highest BCUT2D eigenvalue weighted by Crippen LogP contribution is 2.13. The Kier molecular flexibility index (Phi) is 25.6. The van der Waals surface area contributed by atoms with Gasteiger partial charge in [-0.15, -0.1) is 0 Å². The van der Waals surface area contributed by atoms with Crippen LogP contribution in [0.4, 0.5) is 0 Å². The van der Waals surface area contributed by atoms with E-state index in [9.17, 15) is 0 Å². The molecule has 0 saturated heterocycles. The SMILES string of the molecule is CCCCCCCCOCCCCCCCCCCCOCPOCC. The van der Waals surface area contributed by atoms with E-state index in [1.165, 1.54) is 96.3 Å². The predicted octanol–water partition coefficient (Wildman–Crippen LogP) is 7.48. The lowest BCUT2D eigenvalue weighted by Crippen LogP contribution is -1.97. The molecule has 0 rings (SSSR count). The van der Waals surface area contributed by atoms with Gasteiger partial charge in [0.2, 0.25) is 0 Å². The van der Waals surface area contributed by atoms with E-state index < -0.39 is 0 Å². The average Bonchev–Trinajstić information content (AvgIpc) is 2.66. The number of hydrogen-bond donors (Lipinski definition) is 0. The molecule has 0 aliphatic heterocycles. The van der Waals surface area contributed by atoms with Crippen molar-refractivity contribution >= 4 is 8.81 Å². The Balaban J connectivity index is 2.95. The Morgan fingerprint density at radius 2 is 0.923 bits per heavy atom. The van der Waals surface area contributed by atoms with Crippen molar-refractivity contribution in [1.29, 1.82) is 0 Å². The summed E-state index contributed by atoms with van der Waals surface area (Å²) in [7, 11) is 0.512. The van der Waals surface area contributed by atoms with Gasteiger partial charge < -0.3 is 14.0 Å². The fraction of sp³-hybridized carbons (Fsp3) is 1.00. The predicted molar refractivity (Wildman–Crippen MR) is 117 cm³/mol. The van der Waals surface area contributed by atoms with Crippen LogP contribution in [0.15, 0.2) is 0 Å². The molecule has 0 spiro atoms. The van der Waals surface area contributed by atoms with Gasteiger partial charge in [-0.2, -0.15) is 0 Å². The van der Waals surface area contributed by atoms with Crippen LogP contribution >= 0.6 is 8.81 Å². The zero-order valence-electron chi connectivity index (χ0n) is 17.9. The smallest absolute Gasteiger partial charge is 0.0879 e. The molecule has 0 aromatic carbocycles. The van der Waals surface area contributed by atoms with Crippen LogP contribution in [0.2, 0.25) is 0 Å². The fourth-order valence-electron chi connectivity index (χ4n) is 2.99. The number of ether oxygens (including phenoxy) is 2. The van der Waals surface area contributed by atoms with Crippen molar-refractivity contribution in [2.24, 2.45) is 0 Å². The normalized spacial score (nSPS) is 11.8. The van der Waals surface area contributed by atoms with Gasteiger partial charge in [-0.05, 0) is 26.2 Å². The highest BCUT2D eigenvalue weighted by Gasteiger charge is 1.95. The van der Waals surface area contributed by atoms with Gasteiger partial charge in [-0.25, -0.2) is 0 Å². The van der Waals surface area contributed by atoms with Gasteiger partial charge in [0.15, 0.2) is 0 Å². The molecule has 158 valence electrons. The lowest BCUT2D eigenvalue weighted by atomic mass is 10.1. The quantitative estimate of drug-likeness (QED) is 0.134. The molecule has 1 unspecified atom stereocenters. The molecule has 4 heteroatoms. The summed E-state index contributed by atoms with van der Waals surface area (Å²) in [6, 6.07) is 0. The Hall–Kier alpha value is 0.310. The van der Waals surface area contributed by atoms with Crippen LogP contribution in [0.5, 0.6) is 0 Å². The van der Waals surface area contributed by atoms with Gasteiger partial charge in [0.05, 0.1) is 6.35 Å². The van der Waals surface area contributed by atoms with E-state index in [0.717, 1.165) is 32.8 Å². The summed E-state index contributed by atoms with van der Waals surface area (Å²) < 4.78 is 16.5. The maximum atomic E-state index is 5.73. The van der Waals surface area contributed by atoms with Crippen molar-refractivity contribution in [3.05, 3.63) is 0 Å². The monoisotopic (exact) mass is 390 g/mol. The molecule has 0 aromatic heterocycles. The van der Waals surface area contributed by atoms with Crippen molar-refractivity contribution in [1.82, 2.24) is 0 Å². The third-order valence-electron chi connectivity index (χ3n) is 4.63. The molecular formula is C22H47O3P. The van der Waals surface area contributed by atoms with E-state index in [1.807, 2.05) is 6.92 Å². The molecule has 0 aliphatic carbocycles. The first-order valence-electron chi connectivity index (χ1n) is 11.4. The van der Waals surface area contributed by atoms with Crippen LogP contribution in [0, 0.1) is 0 Å². The van der Waals surface area contributed by atoms with Crippen molar-refractivity contribution in [3.63, 3.8) is 0 Å². The molecule has 3 nitrogen and oxygen atoms in total. The molecule has 0 amide bonds. The van der Waals surface area contributed by atoms with Crippen LogP contribution in [0.25, 0.3) is 0 Å². The van der Waals surface area contributed by atoms with E-state index in [0.29, 0.717) is 8.81 Å². The summed E-state index contributed by atoms with van der Waals surface area (Å²) >= 11 is 0. The molecule has 0 bridgehead atoms. The third kappa shape index (κ3) is 24.3. The second-order valence-electron chi connectivity index (χ2n) is 7.19. The highest BCUT2D eigenvalue weighted by molar-refractivity contribution is 7.31. The number of unbranched alkanes of at least 4 members (excludes halogenated alkanes) is 13. The summed E-state index contributed by atoms with van der Waals surface area (Å²) in [4.78, 5) is 0. The fourth-order valence-corrected chi connectivity index (χ4v) is 3.50. The zero-order valence-corrected chi connectivity index (χ0v) is 18.9. The van der Waals surface area contributed by atoms with E-state index in [4.69, 9.17) is 14.0 Å². The Bertz CT molecular complexity index is 215. The Labute approximate surface area is 166 Å². The van der Waals surface area contributed by atoms with Crippen molar-refractivity contribution in [3.8, 4) is 0 Å². The van der Waals surface area contributed by atoms with Gasteiger partial charge >= 0.3 is 0 Å². The van der Waals surface area contributed by atoms with Crippen LogP contribution in [-0.4, -0.2) is 32.8 Å². The topological polar surface area (TPSA) is 27.7 Å². The lowest BCUT2D eigenvalue weighted by molar-refractivity contribution is 0.125. The minimum absolute atomic E-state index is 0.512. The summed E-state index contributed by atoms with van der Waals surface area (Å²) in [5, 5.41) is 0. The number of hydrogen-bond acceptors (Lipinski definition) is 3. The molecular weight excluding hydrogens is 343 g/mol. The van der Waals surface area contributed by atoms with Gasteiger partial charge in [0, 0.05) is 35.2 Å². The van der Waals surface area contributed by atoms with Gasteiger partial charge in [-0.3, -0.25) is 0 Å². The molecule has 0 N–H and O–H groups in total. The largest absolute Gasteiger partial charge is 0.381 e. The maximum Gasteiger partial charge on any atom is 0.0879 e. The first-order chi connectivity index (χ1) is 12.9. The first kappa shape index (κ1) is 26.3. The summed E-state index contributed by atoms with van der Waals surface area (Å²) in [6.45, 7) is 7.94. The second-order valence-corrected chi connectivity index (χ2v) is 8.06. The maximum absolute atomic E-state index is 5.73. The molecule has 0 aromatic rings. The van der Waals surface area contributed by atoms with Crippen LogP contribution in [-0.2, 0) is 14.0 Å². The van der Waals surface area contributed by atoms with E-state index in [-0.39, 0.29) is 0 Å². The Morgan fingerprint density at radius 3 is 1.38 bits per heavy atom. The molecule has 1 atom stereocenters. The van der Waals surface area contributed by atoms with Gasteiger partial charge in [0.1, 0.15) is 0 Å². The first-order valence-corrected chi connectivity index (χ1v) is 12.5. The second kappa shape index (κ2) is 25.3. The minimum atomic E-state index is 0.512.